The van der Waals surface area contributed by atoms with E-state index in [1.807, 2.05) is 45.0 Å². The van der Waals surface area contributed by atoms with Crippen LogP contribution in [0.4, 0.5) is 4.79 Å². The fraction of sp³-hybridized carbons (Fsp3) is 0.444. The summed E-state index contributed by atoms with van der Waals surface area (Å²) in [5, 5.41) is 8.85. The van der Waals surface area contributed by atoms with Gasteiger partial charge in [-0.15, -0.1) is 0 Å². The normalized spacial score (nSPS) is 15.5. The van der Waals surface area contributed by atoms with Crippen LogP contribution in [-0.4, -0.2) is 29.7 Å². The van der Waals surface area contributed by atoms with Gasteiger partial charge in [0.15, 0.2) is 0 Å². The summed E-state index contributed by atoms with van der Waals surface area (Å²) in [6, 6.07) is 9.71. The van der Waals surface area contributed by atoms with Crippen molar-refractivity contribution < 1.29 is 9.53 Å². The van der Waals surface area contributed by atoms with E-state index in [0.717, 1.165) is 18.4 Å². The number of benzene rings is 1. The molecule has 22 heavy (non-hydrogen) atoms. The molecule has 4 heteroatoms. The number of carbonyl (C=O) groups excluding carboxylic acids is 1. The quantitative estimate of drug-likeness (QED) is 0.788. The minimum absolute atomic E-state index is 0.259. The fourth-order valence-electron chi connectivity index (χ4n) is 2.39. The van der Waals surface area contributed by atoms with Crippen LogP contribution in [0.15, 0.2) is 30.3 Å². The fourth-order valence-corrected chi connectivity index (χ4v) is 2.39. The van der Waals surface area contributed by atoms with Gasteiger partial charge in [-0.2, -0.15) is 5.26 Å². The minimum atomic E-state index is -0.469. The van der Waals surface area contributed by atoms with Gasteiger partial charge in [-0.25, -0.2) is 4.79 Å². The van der Waals surface area contributed by atoms with Gasteiger partial charge in [-0.05, 0) is 56.9 Å². The van der Waals surface area contributed by atoms with E-state index < -0.39 is 5.60 Å². The predicted octanol–water partition coefficient (Wildman–Crippen LogP) is 3.97. The summed E-state index contributed by atoms with van der Waals surface area (Å²) in [6.45, 7) is 6.89. The molecule has 1 heterocycles. The van der Waals surface area contributed by atoms with Gasteiger partial charge in [0.05, 0.1) is 11.6 Å². The topological polar surface area (TPSA) is 53.3 Å². The van der Waals surface area contributed by atoms with Crippen molar-refractivity contribution in [3.8, 4) is 6.07 Å². The third kappa shape index (κ3) is 4.36. The maximum Gasteiger partial charge on any atom is 0.410 e. The molecular weight excluding hydrogens is 276 g/mol. The zero-order valence-electron chi connectivity index (χ0n) is 13.4. The molecule has 0 aromatic heterocycles. The molecule has 2 rings (SSSR count). The van der Waals surface area contributed by atoms with Crippen LogP contribution >= 0.6 is 0 Å². The smallest absolute Gasteiger partial charge is 0.410 e. The van der Waals surface area contributed by atoms with Crippen molar-refractivity contribution in [2.45, 2.75) is 39.2 Å². The van der Waals surface area contributed by atoms with Gasteiger partial charge < -0.3 is 9.64 Å². The van der Waals surface area contributed by atoms with E-state index in [1.54, 1.807) is 4.90 Å². The van der Waals surface area contributed by atoms with Crippen molar-refractivity contribution >= 4 is 11.7 Å². The first-order chi connectivity index (χ1) is 10.4. The molecule has 0 atom stereocenters. The van der Waals surface area contributed by atoms with E-state index in [-0.39, 0.29) is 6.09 Å². The summed E-state index contributed by atoms with van der Waals surface area (Å²) in [6.07, 6.45) is 3.65. The van der Waals surface area contributed by atoms with Crippen molar-refractivity contribution in [2.75, 3.05) is 13.1 Å². The summed E-state index contributed by atoms with van der Waals surface area (Å²) in [5.41, 5.74) is 2.53. The Labute approximate surface area is 132 Å². The Balaban J connectivity index is 2.07. The molecule has 4 nitrogen and oxygen atoms in total. The van der Waals surface area contributed by atoms with Crippen molar-refractivity contribution in [3.05, 3.63) is 41.5 Å². The van der Waals surface area contributed by atoms with E-state index in [0.29, 0.717) is 18.7 Å². The largest absolute Gasteiger partial charge is 0.444 e. The lowest BCUT2D eigenvalue weighted by Crippen LogP contribution is -2.37. The van der Waals surface area contributed by atoms with Crippen molar-refractivity contribution in [1.82, 2.24) is 4.90 Å². The van der Waals surface area contributed by atoms with Gasteiger partial charge in [0.2, 0.25) is 0 Å². The van der Waals surface area contributed by atoms with Gasteiger partial charge in [0.25, 0.3) is 0 Å². The molecule has 0 bridgehead atoms. The SMILES string of the molecule is CC(C)(C)OC(=O)N1CC=C(c2ccc(C#N)cc2)CCC1. The lowest BCUT2D eigenvalue weighted by atomic mass is 10.0. The third-order valence-electron chi connectivity index (χ3n) is 3.47. The summed E-state index contributed by atoms with van der Waals surface area (Å²) in [7, 11) is 0. The van der Waals surface area contributed by atoms with Crippen LogP contribution in [0.5, 0.6) is 0 Å². The van der Waals surface area contributed by atoms with E-state index in [1.165, 1.54) is 5.57 Å². The zero-order chi connectivity index (χ0) is 16.2. The molecule has 0 spiro atoms. The van der Waals surface area contributed by atoms with E-state index in [2.05, 4.69) is 12.1 Å². The average Bonchev–Trinajstić information content (AvgIpc) is 2.71. The highest BCUT2D eigenvalue weighted by Crippen LogP contribution is 2.23. The second-order valence-corrected chi connectivity index (χ2v) is 6.45. The number of hydrogen-bond acceptors (Lipinski definition) is 3. The molecule has 1 amide bonds. The van der Waals surface area contributed by atoms with Crippen LogP contribution in [0.3, 0.4) is 0 Å². The Morgan fingerprint density at radius 2 is 1.95 bits per heavy atom. The summed E-state index contributed by atoms with van der Waals surface area (Å²) >= 11 is 0. The molecule has 1 aliphatic rings. The molecular formula is C18H22N2O2. The number of ether oxygens (including phenoxy) is 1. The Morgan fingerprint density at radius 1 is 1.27 bits per heavy atom. The molecule has 0 unspecified atom stereocenters. The van der Waals surface area contributed by atoms with E-state index in [4.69, 9.17) is 10.00 Å². The molecule has 0 radical (unpaired) electrons. The predicted molar refractivity (Wildman–Crippen MR) is 86.2 cm³/mol. The summed E-state index contributed by atoms with van der Waals surface area (Å²) in [5.74, 6) is 0. The lowest BCUT2D eigenvalue weighted by Gasteiger charge is -2.25. The second-order valence-electron chi connectivity index (χ2n) is 6.45. The highest BCUT2D eigenvalue weighted by atomic mass is 16.6. The van der Waals surface area contributed by atoms with Crippen LogP contribution in [0, 0.1) is 11.3 Å². The van der Waals surface area contributed by atoms with Gasteiger partial charge in [0, 0.05) is 13.1 Å². The number of nitriles is 1. The molecule has 0 saturated heterocycles. The number of nitrogens with zero attached hydrogens (tertiary/aromatic N) is 2. The van der Waals surface area contributed by atoms with Crippen molar-refractivity contribution in [1.29, 1.82) is 5.26 Å². The minimum Gasteiger partial charge on any atom is -0.444 e. The maximum absolute atomic E-state index is 12.1. The van der Waals surface area contributed by atoms with Gasteiger partial charge >= 0.3 is 6.09 Å². The number of amides is 1. The van der Waals surface area contributed by atoms with Crippen LogP contribution in [0.2, 0.25) is 0 Å². The number of allylic oxidation sites excluding steroid dienone is 1. The zero-order valence-corrected chi connectivity index (χ0v) is 13.4. The number of rotatable bonds is 1. The first kappa shape index (κ1) is 16.1. The maximum atomic E-state index is 12.1. The van der Waals surface area contributed by atoms with E-state index >= 15 is 0 Å². The lowest BCUT2D eigenvalue weighted by molar-refractivity contribution is 0.0273. The van der Waals surface area contributed by atoms with E-state index in [9.17, 15) is 4.79 Å². The summed E-state index contributed by atoms with van der Waals surface area (Å²) < 4.78 is 5.43. The Hall–Kier alpha value is -2.28. The van der Waals surface area contributed by atoms with Crippen LogP contribution in [0.1, 0.15) is 44.7 Å². The molecule has 1 aromatic rings. The standard InChI is InChI=1S/C18H22N2O2/c1-18(2,3)22-17(21)20-11-4-5-15(10-12-20)16-8-6-14(13-19)7-9-16/h6-10H,4-5,11-12H2,1-3H3. The molecule has 1 aromatic carbocycles. The first-order valence-corrected chi connectivity index (χ1v) is 7.56. The average molecular weight is 298 g/mol. The Bertz CT molecular complexity index is 603. The van der Waals surface area contributed by atoms with Gasteiger partial charge in [-0.1, -0.05) is 18.2 Å². The van der Waals surface area contributed by atoms with Gasteiger partial charge in [0.1, 0.15) is 5.60 Å². The number of carbonyl (C=O) groups is 1. The Kier molecular flexibility index (Phi) is 4.87. The van der Waals surface area contributed by atoms with Crippen LogP contribution in [0.25, 0.3) is 5.57 Å². The highest BCUT2D eigenvalue weighted by Gasteiger charge is 2.22. The molecule has 0 N–H and O–H groups in total. The Morgan fingerprint density at radius 3 is 2.55 bits per heavy atom. The van der Waals surface area contributed by atoms with Crippen molar-refractivity contribution in [3.63, 3.8) is 0 Å². The van der Waals surface area contributed by atoms with Crippen LogP contribution in [-0.2, 0) is 4.74 Å². The molecule has 116 valence electrons. The van der Waals surface area contributed by atoms with Gasteiger partial charge in [-0.3, -0.25) is 0 Å². The van der Waals surface area contributed by atoms with Crippen LogP contribution < -0.4 is 0 Å². The molecule has 1 aliphatic heterocycles. The molecule has 0 fully saturated rings. The van der Waals surface area contributed by atoms with Crippen molar-refractivity contribution in [2.24, 2.45) is 0 Å². The molecule has 0 saturated carbocycles. The number of hydrogen-bond donors (Lipinski definition) is 0. The molecule has 0 aliphatic carbocycles. The first-order valence-electron chi connectivity index (χ1n) is 7.56. The third-order valence-corrected chi connectivity index (χ3v) is 3.47. The summed E-state index contributed by atoms with van der Waals surface area (Å²) in [4.78, 5) is 13.9. The highest BCUT2D eigenvalue weighted by molar-refractivity contribution is 5.71. The monoisotopic (exact) mass is 298 g/mol. The second kappa shape index (κ2) is 6.65.